The Labute approximate surface area is 502 Å². The van der Waals surface area contributed by atoms with Crippen molar-refractivity contribution in [2.45, 2.75) is 336 Å². The summed E-state index contributed by atoms with van der Waals surface area (Å²) >= 11 is 11.3. The van der Waals surface area contributed by atoms with E-state index in [0.29, 0.717) is 11.8 Å². The number of aromatic nitrogens is 2. The van der Waals surface area contributed by atoms with Gasteiger partial charge < -0.3 is 9.13 Å². The molecule has 4 aromatic rings. The summed E-state index contributed by atoms with van der Waals surface area (Å²) in [5.74, 6) is 0.800. The van der Waals surface area contributed by atoms with Gasteiger partial charge in [0.1, 0.15) is 0 Å². The van der Waals surface area contributed by atoms with Gasteiger partial charge >= 0.3 is 0 Å². The van der Waals surface area contributed by atoms with Gasteiger partial charge in [0.25, 0.3) is 11.1 Å². The van der Waals surface area contributed by atoms with Crippen molar-refractivity contribution in [1.82, 2.24) is 9.13 Å². The first-order valence-electron chi connectivity index (χ1n) is 33.3. The van der Waals surface area contributed by atoms with Crippen molar-refractivity contribution in [3.05, 3.63) is 62.7 Å². The molecule has 0 bridgehead atoms. The van der Waals surface area contributed by atoms with Gasteiger partial charge in [-0.2, -0.15) is 0 Å². The van der Waals surface area contributed by atoms with Gasteiger partial charge in [0.2, 0.25) is 0 Å². The molecular formula is C70H112Br2N2O2S2. The van der Waals surface area contributed by atoms with Crippen LogP contribution >= 0.6 is 54.5 Å². The summed E-state index contributed by atoms with van der Waals surface area (Å²) in [7, 11) is 0. The molecule has 0 fully saturated rings. The van der Waals surface area contributed by atoms with E-state index < -0.39 is 10.8 Å². The van der Waals surface area contributed by atoms with Crippen LogP contribution in [0.3, 0.4) is 0 Å². The zero-order chi connectivity index (χ0) is 55.9. The second-order valence-corrected chi connectivity index (χ2v) is 30.9. The smallest absolute Gasteiger partial charge is 0.260 e. The van der Waals surface area contributed by atoms with E-state index in [1.54, 1.807) is 22.7 Å². The highest BCUT2D eigenvalue weighted by Crippen LogP contribution is 2.58. The monoisotopic (exact) mass is 1230 g/mol. The Morgan fingerprint density at radius 1 is 0.385 bits per heavy atom. The maximum Gasteiger partial charge on any atom is 0.260 e. The molecule has 0 aromatic carbocycles. The molecule has 0 saturated carbocycles. The van der Waals surface area contributed by atoms with Crippen LogP contribution in [0, 0.1) is 11.8 Å². The lowest BCUT2D eigenvalue weighted by Gasteiger charge is -2.32. The minimum absolute atomic E-state index is 0.170. The Morgan fingerprint density at radius 3 is 0.859 bits per heavy atom. The number of unbranched alkanes of at least 4 members (excludes halogenated alkanes) is 32. The summed E-state index contributed by atoms with van der Waals surface area (Å²) in [4.78, 5) is 34.8. The minimum atomic E-state index is -0.445. The van der Waals surface area contributed by atoms with Crippen LogP contribution in [0.15, 0.2) is 29.3 Å². The first-order chi connectivity index (χ1) is 37.8. The largest absolute Gasteiger partial charge is 0.306 e. The molecule has 0 N–H and O–H groups in total. The average Bonchev–Trinajstić information content (AvgIpc) is 4.19. The molecule has 4 nitrogen and oxygen atoms in total. The maximum absolute atomic E-state index is 16.3. The van der Waals surface area contributed by atoms with Crippen LogP contribution in [0.1, 0.15) is 334 Å². The Balaban J connectivity index is 1.43. The van der Waals surface area contributed by atoms with E-state index in [1.165, 1.54) is 242 Å². The van der Waals surface area contributed by atoms with Gasteiger partial charge in [-0.3, -0.25) is 9.59 Å². The average molecular weight is 1240 g/mol. The van der Waals surface area contributed by atoms with Crippen molar-refractivity contribution < 1.29 is 0 Å². The molecular weight excluding hydrogens is 1120 g/mol. The summed E-state index contributed by atoms with van der Waals surface area (Å²) in [6.45, 7) is 20.1. The molecule has 2 atom stereocenters. The van der Waals surface area contributed by atoms with Gasteiger partial charge in [-0.05, 0) is 92.6 Å². The van der Waals surface area contributed by atoms with Crippen molar-refractivity contribution in [1.29, 1.82) is 0 Å². The van der Waals surface area contributed by atoms with Crippen molar-refractivity contribution in [2.75, 3.05) is 0 Å². The number of hydrogen-bond acceptors (Lipinski definition) is 4. The van der Waals surface area contributed by atoms with E-state index in [1.807, 2.05) is 0 Å². The number of nitrogens with zero attached hydrogens (tertiary/aromatic N) is 2. The van der Waals surface area contributed by atoms with Crippen molar-refractivity contribution >= 4 is 65.6 Å². The third-order valence-corrected chi connectivity index (χ3v) is 22.2. The molecule has 440 valence electrons. The van der Waals surface area contributed by atoms with Crippen LogP contribution in [-0.2, 0) is 23.9 Å². The topological polar surface area (TPSA) is 44.0 Å². The predicted molar refractivity (Wildman–Crippen MR) is 353 cm³/mol. The quantitative estimate of drug-likeness (QED) is 0.0414. The molecule has 2 unspecified atom stereocenters. The Hall–Kier alpha value is -1.48. The van der Waals surface area contributed by atoms with Gasteiger partial charge in [-0.15, -0.1) is 22.7 Å². The van der Waals surface area contributed by atoms with E-state index in [-0.39, 0.29) is 11.1 Å². The molecule has 8 heteroatoms. The van der Waals surface area contributed by atoms with Gasteiger partial charge in [-0.25, -0.2) is 0 Å². The molecule has 0 aliphatic heterocycles. The fourth-order valence-electron chi connectivity index (χ4n) is 14.1. The third kappa shape index (κ3) is 17.8. The summed E-state index contributed by atoms with van der Waals surface area (Å²) < 4.78 is 6.79. The molecule has 2 aliphatic carbocycles. The van der Waals surface area contributed by atoms with E-state index in [0.717, 1.165) is 89.4 Å². The fraction of sp³-hybridized carbons (Fsp3) is 0.771. The number of fused-ring (bicyclic) bond motifs is 9. The molecule has 6 rings (SSSR count). The molecule has 0 amide bonds. The number of rotatable bonds is 44. The van der Waals surface area contributed by atoms with Crippen molar-refractivity contribution in [3.63, 3.8) is 0 Å². The minimum Gasteiger partial charge on any atom is -0.306 e. The Bertz CT molecular complexity index is 2330. The first kappa shape index (κ1) is 65.7. The van der Waals surface area contributed by atoms with Crippen LogP contribution in [0.5, 0.6) is 0 Å². The number of pyridine rings is 2. The molecule has 0 saturated heterocycles. The molecule has 0 radical (unpaired) electrons. The molecule has 78 heavy (non-hydrogen) atoms. The zero-order valence-electron chi connectivity index (χ0n) is 51.3. The van der Waals surface area contributed by atoms with Crippen molar-refractivity contribution in [2.24, 2.45) is 11.8 Å². The summed E-state index contributed by atoms with van der Waals surface area (Å²) in [6, 6.07) is 4.58. The van der Waals surface area contributed by atoms with E-state index in [9.17, 15) is 0 Å². The molecule has 2 aliphatic rings. The van der Waals surface area contributed by atoms with Gasteiger partial charge in [-0.1, -0.05) is 287 Å². The number of halogens is 2. The van der Waals surface area contributed by atoms with Gasteiger partial charge in [0.05, 0.1) is 29.7 Å². The first-order valence-corrected chi connectivity index (χ1v) is 36.5. The highest BCUT2D eigenvalue weighted by molar-refractivity contribution is 9.11. The zero-order valence-corrected chi connectivity index (χ0v) is 56.1. The lowest BCUT2D eigenvalue weighted by molar-refractivity contribution is 0.352. The summed E-state index contributed by atoms with van der Waals surface area (Å²) in [6.07, 6.45) is 52.4. The predicted octanol–water partition coefficient (Wildman–Crippen LogP) is 24.3. The van der Waals surface area contributed by atoms with Crippen molar-refractivity contribution in [3.8, 4) is 20.9 Å². The lowest BCUT2D eigenvalue weighted by Crippen LogP contribution is -2.35. The van der Waals surface area contributed by atoms with Gasteiger partial charge in [0.15, 0.2) is 0 Å². The number of hydrogen-bond donors (Lipinski definition) is 0. The Kier molecular flexibility index (Phi) is 28.9. The summed E-state index contributed by atoms with van der Waals surface area (Å²) in [5.41, 5.74) is 8.03. The third-order valence-electron chi connectivity index (χ3n) is 18.9. The normalized spacial score (nSPS) is 14.8. The van der Waals surface area contributed by atoms with E-state index >= 15 is 9.59 Å². The van der Waals surface area contributed by atoms with Crippen LogP contribution in [0.25, 0.3) is 31.9 Å². The molecule has 0 spiro atoms. The molecule has 4 aromatic heterocycles. The molecule has 4 heterocycles. The van der Waals surface area contributed by atoms with E-state index in [2.05, 4.69) is 109 Å². The second-order valence-electron chi connectivity index (χ2n) is 26.1. The summed E-state index contributed by atoms with van der Waals surface area (Å²) in [5, 5.41) is 0. The fourth-order valence-corrected chi connectivity index (χ4v) is 17.7. The van der Waals surface area contributed by atoms with Crippen LogP contribution < -0.4 is 11.1 Å². The lowest BCUT2D eigenvalue weighted by atomic mass is 9.79. The van der Waals surface area contributed by atoms with E-state index in [4.69, 9.17) is 0 Å². The second kappa shape index (κ2) is 34.3. The standard InChI is InChI=1S/C70H112Br2N2O2S2/c1-9-13-17-21-25-29-31-35-39-43-47-53(45-41-37-33-27-23-19-15-11-3)51-73-63-61-60(66-56(69(61,5)6)50-58(72)78-66)68(76)74(64(63)62-59(67(73)75)65-55(70(62,7)8)49-57(71)77-65)52-54(46-42-38-34-28-24-20-16-12-4)48-44-40-36-32-30-26-22-18-14-10-2/h49-50,53-54H,9-48,51-52H2,1-8H3. The SMILES string of the molecule is CCCCCCCCCCCCC(CCCCCCCCCC)Cn1c(=O)c2c(c3c1c1c(c(=O)n3CC(CCCCCCCCCC)CCCCCCCCCCCC)-c3sc(Br)cc3C1(C)C)C(C)(C)c1cc(Br)sc1-2. The highest BCUT2D eigenvalue weighted by Gasteiger charge is 2.47. The van der Waals surface area contributed by atoms with Crippen LogP contribution in [-0.4, -0.2) is 9.13 Å². The van der Waals surface area contributed by atoms with Gasteiger partial charge in [0, 0.05) is 44.8 Å². The van der Waals surface area contributed by atoms with Crippen LogP contribution in [0.2, 0.25) is 0 Å². The number of thiophene rings is 2. The van der Waals surface area contributed by atoms with Crippen LogP contribution in [0.4, 0.5) is 0 Å². The highest BCUT2D eigenvalue weighted by atomic mass is 79.9. The Morgan fingerprint density at radius 2 is 0.615 bits per heavy atom. The maximum atomic E-state index is 16.3.